The van der Waals surface area contributed by atoms with Crippen molar-refractivity contribution in [2.24, 2.45) is 0 Å². The molecule has 0 aromatic heterocycles. The van der Waals surface area contributed by atoms with Gasteiger partial charge in [0, 0.05) is 12.8 Å². The van der Waals surface area contributed by atoms with Crippen molar-refractivity contribution >= 4 is 11.9 Å². The lowest BCUT2D eigenvalue weighted by Gasteiger charge is -2.06. The zero-order valence-electron chi connectivity index (χ0n) is 14.7. The van der Waals surface area contributed by atoms with E-state index in [1.165, 1.54) is 0 Å². The molecule has 0 saturated heterocycles. The van der Waals surface area contributed by atoms with Crippen LogP contribution < -0.4 is 4.74 Å². The Morgan fingerprint density at radius 2 is 1.50 bits per heavy atom. The van der Waals surface area contributed by atoms with Crippen molar-refractivity contribution < 1.29 is 23.8 Å². The number of methoxy groups -OCH3 is 1. The van der Waals surface area contributed by atoms with E-state index in [1.807, 2.05) is 24.3 Å². The van der Waals surface area contributed by atoms with Gasteiger partial charge in [-0.3, -0.25) is 9.59 Å². The molecule has 0 fully saturated rings. The number of hydrogen-bond acceptors (Lipinski definition) is 5. The highest BCUT2D eigenvalue weighted by atomic mass is 16.5. The van der Waals surface area contributed by atoms with Crippen LogP contribution in [0.15, 0.2) is 24.3 Å². The highest BCUT2D eigenvalue weighted by molar-refractivity contribution is 5.69. The van der Waals surface area contributed by atoms with Gasteiger partial charge >= 0.3 is 11.9 Å². The van der Waals surface area contributed by atoms with Gasteiger partial charge in [-0.1, -0.05) is 31.9 Å². The van der Waals surface area contributed by atoms with Crippen LogP contribution in [0.4, 0.5) is 0 Å². The van der Waals surface area contributed by atoms with Gasteiger partial charge in [0.15, 0.2) is 0 Å². The molecule has 0 N–H and O–H groups in total. The summed E-state index contributed by atoms with van der Waals surface area (Å²) in [4.78, 5) is 23.1. The van der Waals surface area contributed by atoms with Gasteiger partial charge in [0.2, 0.25) is 0 Å². The number of carbonyl (C=O) groups is 2. The molecule has 0 radical (unpaired) electrons. The van der Waals surface area contributed by atoms with Crippen LogP contribution in [-0.4, -0.2) is 25.7 Å². The van der Waals surface area contributed by atoms with Crippen molar-refractivity contribution in [2.45, 2.75) is 58.5 Å². The molecular weight excluding hydrogens is 308 g/mol. The number of esters is 2. The van der Waals surface area contributed by atoms with E-state index in [0.29, 0.717) is 19.4 Å². The minimum absolute atomic E-state index is 0.148. The summed E-state index contributed by atoms with van der Waals surface area (Å²) in [6.45, 7) is 2.83. The van der Waals surface area contributed by atoms with E-state index in [1.54, 1.807) is 7.11 Å². The summed E-state index contributed by atoms with van der Waals surface area (Å²) >= 11 is 0. The maximum absolute atomic E-state index is 11.7. The summed E-state index contributed by atoms with van der Waals surface area (Å²) in [5.41, 5.74) is 0.930. The van der Waals surface area contributed by atoms with Gasteiger partial charge in [-0.15, -0.1) is 0 Å². The van der Waals surface area contributed by atoms with E-state index in [2.05, 4.69) is 6.92 Å². The van der Waals surface area contributed by atoms with Gasteiger partial charge in [-0.2, -0.15) is 0 Å². The molecule has 0 heterocycles. The fraction of sp³-hybridized carbons (Fsp3) is 0.579. The molecule has 0 atom stereocenters. The van der Waals surface area contributed by atoms with Crippen LogP contribution in [0, 0.1) is 0 Å². The summed E-state index contributed by atoms with van der Waals surface area (Å²) in [5.74, 6) is 0.417. The second-order valence-corrected chi connectivity index (χ2v) is 5.64. The monoisotopic (exact) mass is 336 g/mol. The van der Waals surface area contributed by atoms with Crippen LogP contribution in [0.1, 0.15) is 57.4 Å². The summed E-state index contributed by atoms with van der Waals surface area (Å²) in [6, 6.07) is 7.41. The third-order valence-electron chi connectivity index (χ3n) is 3.58. The lowest BCUT2D eigenvalue weighted by atomic mass is 10.1. The van der Waals surface area contributed by atoms with Crippen molar-refractivity contribution in [3.8, 4) is 5.75 Å². The summed E-state index contributed by atoms with van der Waals surface area (Å²) in [6.07, 6.45) is 5.02. The second-order valence-electron chi connectivity index (χ2n) is 5.64. The average molecular weight is 336 g/mol. The third kappa shape index (κ3) is 9.18. The van der Waals surface area contributed by atoms with Gasteiger partial charge in [-0.05, 0) is 37.0 Å². The Hall–Kier alpha value is -2.04. The van der Waals surface area contributed by atoms with Gasteiger partial charge in [0.25, 0.3) is 0 Å². The van der Waals surface area contributed by atoms with Gasteiger partial charge in [0.05, 0.1) is 13.7 Å². The molecule has 5 nitrogen and oxygen atoms in total. The molecule has 0 spiro atoms. The molecule has 0 saturated carbocycles. The minimum Gasteiger partial charge on any atom is -0.497 e. The first kappa shape index (κ1) is 20.0. The first-order chi connectivity index (χ1) is 11.7. The standard InChI is InChI=1S/C19H28O5/c1-3-4-14-23-18(20)8-6-5-7-9-19(21)24-15-16-10-12-17(22-2)13-11-16/h10-13H,3-9,14-15H2,1-2H3. The van der Waals surface area contributed by atoms with E-state index >= 15 is 0 Å². The number of benzene rings is 1. The fourth-order valence-electron chi connectivity index (χ4n) is 2.08. The SMILES string of the molecule is CCCCOC(=O)CCCCCC(=O)OCc1ccc(OC)cc1. The normalized spacial score (nSPS) is 10.2. The highest BCUT2D eigenvalue weighted by Crippen LogP contribution is 2.12. The fourth-order valence-corrected chi connectivity index (χ4v) is 2.08. The quantitative estimate of drug-likeness (QED) is 0.426. The number of ether oxygens (including phenoxy) is 3. The molecule has 0 aliphatic carbocycles. The molecule has 1 rings (SSSR count). The van der Waals surface area contributed by atoms with Crippen molar-refractivity contribution in [3.05, 3.63) is 29.8 Å². The Morgan fingerprint density at radius 1 is 0.875 bits per heavy atom. The Bertz CT molecular complexity index is 481. The molecule has 5 heteroatoms. The van der Waals surface area contributed by atoms with Gasteiger partial charge in [0.1, 0.15) is 12.4 Å². The Labute approximate surface area is 144 Å². The number of unbranched alkanes of at least 4 members (excludes halogenated alkanes) is 3. The zero-order chi connectivity index (χ0) is 17.6. The Balaban J connectivity index is 2.04. The van der Waals surface area contributed by atoms with Gasteiger partial charge < -0.3 is 14.2 Å². The lowest BCUT2D eigenvalue weighted by molar-refractivity contribution is -0.145. The van der Waals surface area contributed by atoms with E-state index in [0.717, 1.165) is 43.4 Å². The van der Waals surface area contributed by atoms with Crippen LogP contribution in [0.5, 0.6) is 5.75 Å². The second kappa shape index (κ2) is 12.4. The number of rotatable bonds is 12. The van der Waals surface area contributed by atoms with Crippen molar-refractivity contribution in [2.75, 3.05) is 13.7 Å². The molecule has 1 aromatic carbocycles. The zero-order valence-corrected chi connectivity index (χ0v) is 14.7. The van der Waals surface area contributed by atoms with E-state index < -0.39 is 0 Å². The molecule has 0 bridgehead atoms. The topological polar surface area (TPSA) is 61.8 Å². The maximum Gasteiger partial charge on any atom is 0.306 e. The predicted molar refractivity (Wildman–Crippen MR) is 91.7 cm³/mol. The molecular formula is C19H28O5. The summed E-state index contributed by atoms with van der Waals surface area (Å²) in [5, 5.41) is 0. The average Bonchev–Trinajstić information content (AvgIpc) is 2.60. The van der Waals surface area contributed by atoms with Gasteiger partial charge in [-0.25, -0.2) is 0 Å². The molecule has 0 amide bonds. The number of hydrogen-bond donors (Lipinski definition) is 0. The predicted octanol–water partition coefficient (Wildman–Crippen LogP) is 4.03. The molecule has 134 valence electrons. The largest absolute Gasteiger partial charge is 0.497 e. The molecule has 1 aromatic rings. The Morgan fingerprint density at radius 3 is 2.08 bits per heavy atom. The summed E-state index contributed by atoms with van der Waals surface area (Å²) in [7, 11) is 1.61. The number of carbonyl (C=O) groups excluding carboxylic acids is 2. The molecule has 0 unspecified atom stereocenters. The van der Waals surface area contributed by atoms with E-state index in [4.69, 9.17) is 14.2 Å². The van der Waals surface area contributed by atoms with Crippen molar-refractivity contribution in [3.63, 3.8) is 0 Å². The molecule has 0 aliphatic heterocycles. The Kier molecular flexibility index (Phi) is 10.3. The lowest BCUT2D eigenvalue weighted by Crippen LogP contribution is -2.06. The van der Waals surface area contributed by atoms with Crippen LogP contribution in [0.3, 0.4) is 0 Å². The highest BCUT2D eigenvalue weighted by Gasteiger charge is 2.06. The smallest absolute Gasteiger partial charge is 0.306 e. The van der Waals surface area contributed by atoms with Crippen molar-refractivity contribution in [1.82, 2.24) is 0 Å². The van der Waals surface area contributed by atoms with Crippen LogP contribution in [0.2, 0.25) is 0 Å². The molecule has 0 aliphatic rings. The van der Waals surface area contributed by atoms with E-state index in [9.17, 15) is 9.59 Å². The van der Waals surface area contributed by atoms with E-state index in [-0.39, 0.29) is 18.5 Å². The third-order valence-corrected chi connectivity index (χ3v) is 3.58. The van der Waals surface area contributed by atoms with Crippen LogP contribution in [0.25, 0.3) is 0 Å². The minimum atomic E-state index is -0.212. The first-order valence-corrected chi connectivity index (χ1v) is 8.60. The maximum atomic E-state index is 11.7. The summed E-state index contributed by atoms with van der Waals surface area (Å²) < 4.78 is 15.4. The molecule has 24 heavy (non-hydrogen) atoms. The van der Waals surface area contributed by atoms with Crippen molar-refractivity contribution in [1.29, 1.82) is 0 Å². The van der Waals surface area contributed by atoms with Crippen LogP contribution >= 0.6 is 0 Å². The van der Waals surface area contributed by atoms with Crippen LogP contribution in [-0.2, 0) is 25.7 Å². The first-order valence-electron chi connectivity index (χ1n) is 8.60.